The third-order valence-corrected chi connectivity index (χ3v) is 3.97. The molecule has 0 bridgehead atoms. The third-order valence-electron chi connectivity index (χ3n) is 3.23. The summed E-state index contributed by atoms with van der Waals surface area (Å²) in [5.74, 6) is 0. The fourth-order valence-electron chi connectivity index (χ4n) is 1.94. The minimum Gasteiger partial charge on any atom is -0.314 e. The first-order valence-corrected chi connectivity index (χ1v) is 6.48. The van der Waals surface area contributed by atoms with Crippen LogP contribution in [-0.4, -0.2) is 12.6 Å². The summed E-state index contributed by atoms with van der Waals surface area (Å²) in [6.45, 7) is 5.37. The average Bonchev–Trinajstić information content (AvgIpc) is 3.00. The highest BCUT2D eigenvalue weighted by atomic mass is 35.5. The van der Waals surface area contributed by atoms with Crippen molar-refractivity contribution < 1.29 is 0 Å². The first-order valence-electron chi connectivity index (χ1n) is 5.72. The Hall–Kier alpha value is -0.240. The van der Waals surface area contributed by atoms with E-state index in [2.05, 4.69) is 25.2 Å². The summed E-state index contributed by atoms with van der Waals surface area (Å²) in [4.78, 5) is 0. The van der Waals surface area contributed by atoms with Crippen LogP contribution >= 0.6 is 23.2 Å². The predicted octanol–water partition coefficient (Wildman–Crippen LogP) is 4.02. The number of hydrogen-bond donors (Lipinski definition) is 1. The molecule has 0 heterocycles. The van der Waals surface area contributed by atoms with Gasteiger partial charge in [0.15, 0.2) is 0 Å². The predicted molar refractivity (Wildman–Crippen MR) is 70.5 cm³/mol. The van der Waals surface area contributed by atoms with E-state index in [9.17, 15) is 0 Å². The SMILES string of the molecule is CC(C)NCC1(c2ccc(Cl)c(Cl)c2)CC1. The molecule has 1 aliphatic carbocycles. The molecular formula is C13H17Cl2N. The van der Waals surface area contributed by atoms with E-state index < -0.39 is 0 Å². The van der Waals surface area contributed by atoms with Crippen LogP contribution in [0, 0.1) is 0 Å². The van der Waals surface area contributed by atoms with E-state index in [-0.39, 0.29) is 0 Å². The summed E-state index contributed by atoms with van der Waals surface area (Å²) in [7, 11) is 0. The molecule has 1 nitrogen and oxygen atoms in total. The van der Waals surface area contributed by atoms with Gasteiger partial charge >= 0.3 is 0 Å². The quantitative estimate of drug-likeness (QED) is 0.859. The number of rotatable bonds is 4. The Morgan fingerprint density at radius 1 is 1.25 bits per heavy atom. The van der Waals surface area contributed by atoms with Crippen molar-refractivity contribution in [2.24, 2.45) is 0 Å². The zero-order valence-corrected chi connectivity index (χ0v) is 11.2. The van der Waals surface area contributed by atoms with Gasteiger partial charge in [0, 0.05) is 18.0 Å². The standard InChI is InChI=1S/C13H17Cl2N/c1-9(2)16-8-13(5-6-13)10-3-4-11(14)12(15)7-10/h3-4,7,9,16H,5-6,8H2,1-2H3. The van der Waals surface area contributed by atoms with Gasteiger partial charge in [0.05, 0.1) is 10.0 Å². The molecule has 88 valence electrons. The molecular weight excluding hydrogens is 241 g/mol. The molecule has 0 amide bonds. The Kier molecular flexibility index (Phi) is 3.48. The lowest BCUT2D eigenvalue weighted by atomic mass is 9.96. The van der Waals surface area contributed by atoms with E-state index in [1.807, 2.05) is 12.1 Å². The third kappa shape index (κ3) is 2.53. The first kappa shape index (κ1) is 12.2. The average molecular weight is 258 g/mol. The Labute approximate surface area is 107 Å². The fraction of sp³-hybridized carbons (Fsp3) is 0.538. The van der Waals surface area contributed by atoms with Crippen molar-refractivity contribution in [1.82, 2.24) is 5.32 Å². The molecule has 0 spiro atoms. The molecule has 1 N–H and O–H groups in total. The summed E-state index contributed by atoms with van der Waals surface area (Å²) in [5, 5.41) is 4.80. The summed E-state index contributed by atoms with van der Waals surface area (Å²) in [6, 6.07) is 6.54. The molecule has 1 fully saturated rings. The van der Waals surface area contributed by atoms with E-state index in [1.54, 1.807) is 0 Å². The summed E-state index contributed by atoms with van der Waals surface area (Å²) >= 11 is 12.0. The Morgan fingerprint density at radius 2 is 1.94 bits per heavy atom. The lowest BCUT2D eigenvalue weighted by molar-refractivity contribution is 0.520. The van der Waals surface area contributed by atoms with Crippen LogP contribution in [0.4, 0.5) is 0 Å². The number of halogens is 2. The minimum atomic E-state index is 0.304. The highest BCUT2D eigenvalue weighted by Gasteiger charge is 2.44. The van der Waals surface area contributed by atoms with Crippen molar-refractivity contribution in [2.45, 2.75) is 38.1 Å². The fourth-order valence-corrected chi connectivity index (χ4v) is 2.24. The number of nitrogens with one attached hydrogen (secondary N) is 1. The second-order valence-electron chi connectivity index (χ2n) is 4.94. The Bertz CT molecular complexity index is 384. The van der Waals surface area contributed by atoms with Crippen LogP contribution in [0.1, 0.15) is 32.3 Å². The zero-order chi connectivity index (χ0) is 11.8. The van der Waals surface area contributed by atoms with Crippen LogP contribution in [0.15, 0.2) is 18.2 Å². The summed E-state index contributed by atoms with van der Waals surface area (Å²) in [6.07, 6.45) is 2.48. The summed E-state index contributed by atoms with van der Waals surface area (Å²) < 4.78 is 0. The van der Waals surface area contributed by atoms with Gasteiger partial charge in [-0.3, -0.25) is 0 Å². The van der Waals surface area contributed by atoms with Gasteiger partial charge in [0.2, 0.25) is 0 Å². The van der Waals surface area contributed by atoms with Crippen LogP contribution in [0.3, 0.4) is 0 Å². The van der Waals surface area contributed by atoms with Crippen molar-refractivity contribution in [3.05, 3.63) is 33.8 Å². The van der Waals surface area contributed by atoms with E-state index in [4.69, 9.17) is 23.2 Å². The molecule has 0 aliphatic heterocycles. The second-order valence-corrected chi connectivity index (χ2v) is 5.76. The Balaban J connectivity index is 2.14. The van der Waals surface area contributed by atoms with Crippen molar-refractivity contribution in [3.63, 3.8) is 0 Å². The molecule has 1 aliphatic rings. The highest BCUT2D eigenvalue weighted by Crippen LogP contribution is 2.48. The van der Waals surface area contributed by atoms with Gasteiger partial charge in [-0.05, 0) is 30.5 Å². The van der Waals surface area contributed by atoms with Gasteiger partial charge < -0.3 is 5.32 Å². The number of hydrogen-bond acceptors (Lipinski definition) is 1. The van der Waals surface area contributed by atoms with Crippen molar-refractivity contribution in [2.75, 3.05) is 6.54 Å². The molecule has 0 saturated heterocycles. The largest absolute Gasteiger partial charge is 0.314 e. The normalized spacial score (nSPS) is 17.8. The molecule has 0 atom stereocenters. The maximum absolute atomic E-state index is 6.06. The topological polar surface area (TPSA) is 12.0 Å². The molecule has 1 aromatic carbocycles. The molecule has 3 heteroatoms. The van der Waals surface area contributed by atoms with Gasteiger partial charge in [-0.1, -0.05) is 43.1 Å². The smallest absolute Gasteiger partial charge is 0.0595 e. The molecule has 0 unspecified atom stereocenters. The molecule has 1 saturated carbocycles. The maximum atomic E-state index is 6.06. The van der Waals surface area contributed by atoms with E-state index >= 15 is 0 Å². The molecule has 1 aromatic rings. The maximum Gasteiger partial charge on any atom is 0.0595 e. The second kappa shape index (κ2) is 4.56. The van der Waals surface area contributed by atoms with Crippen LogP contribution in [0.25, 0.3) is 0 Å². The highest BCUT2D eigenvalue weighted by molar-refractivity contribution is 6.42. The van der Waals surface area contributed by atoms with E-state index in [1.165, 1.54) is 18.4 Å². The lowest BCUT2D eigenvalue weighted by Crippen LogP contribution is -2.32. The number of benzene rings is 1. The first-order chi connectivity index (χ1) is 7.53. The van der Waals surface area contributed by atoms with Gasteiger partial charge in [0.25, 0.3) is 0 Å². The Morgan fingerprint density at radius 3 is 2.44 bits per heavy atom. The van der Waals surface area contributed by atoms with Crippen molar-refractivity contribution >= 4 is 23.2 Å². The van der Waals surface area contributed by atoms with Crippen LogP contribution < -0.4 is 5.32 Å². The van der Waals surface area contributed by atoms with Gasteiger partial charge in [0.1, 0.15) is 0 Å². The minimum absolute atomic E-state index is 0.304. The van der Waals surface area contributed by atoms with Crippen LogP contribution in [-0.2, 0) is 5.41 Å². The molecule has 2 rings (SSSR count). The molecule has 0 radical (unpaired) electrons. The van der Waals surface area contributed by atoms with Crippen molar-refractivity contribution in [1.29, 1.82) is 0 Å². The van der Waals surface area contributed by atoms with Gasteiger partial charge in [-0.15, -0.1) is 0 Å². The zero-order valence-electron chi connectivity index (χ0n) is 9.69. The van der Waals surface area contributed by atoms with Gasteiger partial charge in [-0.25, -0.2) is 0 Å². The molecule has 0 aromatic heterocycles. The van der Waals surface area contributed by atoms with Crippen molar-refractivity contribution in [3.8, 4) is 0 Å². The lowest BCUT2D eigenvalue weighted by Gasteiger charge is -2.19. The van der Waals surface area contributed by atoms with Crippen LogP contribution in [0.2, 0.25) is 10.0 Å². The van der Waals surface area contributed by atoms with E-state index in [0.717, 1.165) is 6.54 Å². The van der Waals surface area contributed by atoms with Crippen LogP contribution in [0.5, 0.6) is 0 Å². The molecule has 16 heavy (non-hydrogen) atoms. The van der Waals surface area contributed by atoms with Gasteiger partial charge in [-0.2, -0.15) is 0 Å². The summed E-state index contributed by atoms with van der Waals surface area (Å²) in [5.41, 5.74) is 1.62. The monoisotopic (exact) mass is 257 g/mol. The van der Waals surface area contributed by atoms with E-state index in [0.29, 0.717) is 21.5 Å².